The zero-order valence-corrected chi connectivity index (χ0v) is 19.2. The van der Waals surface area contributed by atoms with Crippen LogP contribution in [0.25, 0.3) is 10.9 Å². The zero-order valence-electron chi connectivity index (χ0n) is 18.4. The van der Waals surface area contributed by atoms with Crippen molar-refractivity contribution in [2.45, 2.75) is 13.5 Å². The quantitative estimate of drug-likeness (QED) is 0.322. The van der Waals surface area contributed by atoms with E-state index in [1.807, 2.05) is 41.8 Å². The van der Waals surface area contributed by atoms with Crippen molar-refractivity contribution in [1.29, 1.82) is 0 Å². The second kappa shape index (κ2) is 8.72. The van der Waals surface area contributed by atoms with Gasteiger partial charge in [0.05, 0.1) is 18.2 Å². The fourth-order valence-electron chi connectivity index (χ4n) is 4.03. The van der Waals surface area contributed by atoms with Crippen LogP contribution >= 0.6 is 11.6 Å². The number of methoxy groups -OCH3 is 1. The molecule has 0 spiro atoms. The Morgan fingerprint density at radius 2 is 1.85 bits per heavy atom. The highest BCUT2D eigenvalue weighted by atomic mass is 35.5. The number of nitrogens with one attached hydrogen (secondary N) is 1. The van der Waals surface area contributed by atoms with Crippen LogP contribution in [0.15, 0.2) is 54.7 Å². The van der Waals surface area contributed by atoms with E-state index in [2.05, 4.69) is 10.3 Å². The molecule has 0 aliphatic carbocycles. The molecular formula is C25H20ClN3O5. The zero-order chi connectivity index (χ0) is 23.8. The summed E-state index contributed by atoms with van der Waals surface area (Å²) in [6, 6.07) is 14.2. The van der Waals surface area contributed by atoms with Crippen molar-refractivity contribution >= 4 is 39.9 Å². The number of carbonyl (C=O) groups is 2. The van der Waals surface area contributed by atoms with Gasteiger partial charge in [-0.2, -0.15) is 0 Å². The van der Waals surface area contributed by atoms with Crippen molar-refractivity contribution in [2.75, 3.05) is 19.2 Å². The number of halogens is 1. The molecule has 3 heterocycles. The van der Waals surface area contributed by atoms with Crippen molar-refractivity contribution in [3.63, 3.8) is 0 Å². The number of hydrogen-bond donors (Lipinski definition) is 1. The van der Waals surface area contributed by atoms with Gasteiger partial charge in [0, 0.05) is 46.7 Å². The standard InChI is InChI=1S/C25H20ClN3O5/c1-14-23(24(30)25(31)28-17-7-8-27-22(9-17)32-2)18-10-20-21(34-13-33-20)11-19(18)29(14)12-15-3-5-16(26)6-4-15/h3-11H,12-13H2,1-2H3,(H,27,28,31). The molecule has 0 radical (unpaired) electrons. The number of ketones is 1. The van der Waals surface area contributed by atoms with E-state index in [9.17, 15) is 9.59 Å². The molecule has 9 heteroatoms. The molecule has 0 atom stereocenters. The van der Waals surface area contributed by atoms with Gasteiger partial charge in [-0.1, -0.05) is 23.7 Å². The maximum atomic E-state index is 13.4. The van der Waals surface area contributed by atoms with E-state index in [0.29, 0.717) is 51.3 Å². The van der Waals surface area contributed by atoms with Crippen LogP contribution in [-0.2, 0) is 11.3 Å². The maximum Gasteiger partial charge on any atom is 0.296 e. The second-order valence-corrected chi connectivity index (χ2v) is 8.20. The lowest BCUT2D eigenvalue weighted by Crippen LogP contribution is -2.23. The Morgan fingerprint density at radius 1 is 1.12 bits per heavy atom. The lowest BCUT2D eigenvalue weighted by Gasteiger charge is -2.10. The van der Waals surface area contributed by atoms with Crippen LogP contribution in [0.3, 0.4) is 0 Å². The Kier molecular flexibility index (Phi) is 5.59. The first-order chi connectivity index (χ1) is 16.4. The van der Waals surface area contributed by atoms with Crippen LogP contribution in [0.4, 0.5) is 5.69 Å². The van der Waals surface area contributed by atoms with E-state index in [0.717, 1.165) is 11.1 Å². The Hall–Kier alpha value is -4.04. The summed E-state index contributed by atoms with van der Waals surface area (Å²) in [4.78, 5) is 30.3. The summed E-state index contributed by atoms with van der Waals surface area (Å²) in [5.74, 6) is 0.0273. The number of rotatable bonds is 6. The van der Waals surface area contributed by atoms with Gasteiger partial charge in [0.25, 0.3) is 11.7 Å². The van der Waals surface area contributed by atoms with Crippen molar-refractivity contribution in [3.05, 3.63) is 76.6 Å². The summed E-state index contributed by atoms with van der Waals surface area (Å²) in [7, 11) is 1.47. The van der Waals surface area contributed by atoms with Gasteiger partial charge in [0.1, 0.15) is 0 Å². The van der Waals surface area contributed by atoms with E-state index in [1.54, 1.807) is 18.2 Å². The summed E-state index contributed by atoms with van der Waals surface area (Å²) in [6.07, 6.45) is 1.49. The summed E-state index contributed by atoms with van der Waals surface area (Å²) in [5, 5.41) is 3.89. The van der Waals surface area contributed by atoms with Crippen LogP contribution in [0, 0.1) is 6.92 Å². The molecule has 1 aliphatic heterocycles. The normalized spacial score (nSPS) is 12.1. The molecular weight excluding hydrogens is 458 g/mol. The molecule has 172 valence electrons. The molecule has 2 aromatic carbocycles. The summed E-state index contributed by atoms with van der Waals surface area (Å²) >= 11 is 6.03. The number of hydrogen-bond acceptors (Lipinski definition) is 6. The number of ether oxygens (including phenoxy) is 3. The monoisotopic (exact) mass is 477 g/mol. The Morgan fingerprint density at radius 3 is 2.59 bits per heavy atom. The summed E-state index contributed by atoms with van der Waals surface area (Å²) in [5.41, 5.74) is 3.13. The van der Waals surface area contributed by atoms with Crippen LogP contribution in [0.5, 0.6) is 17.4 Å². The third kappa shape index (κ3) is 3.92. The van der Waals surface area contributed by atoms with Crippen LogP contribution < -0.4 is 19.5 Å². The van der Waals surface area contributed by atoms with E-state index < -0.39 is 11.7 Å². The van der Waals surface area contributed by atoms with Gasteiger partial charge in [-0.3, -0.25) is 9.59 Å². The van der Waals surface area contributed by atoms with E-state index in [1.165, 1.54) is 13.3 Å². The highest BCUT2D eigenvalue weighted by Crippen LogP contribution is 2.39. The van der Waals surface area contributed by atoms with Crippen molar-refractivity contribution < 1.29 is 23.8 Å². The number of aromatic nitrogens is 2. The molecule has 1 aliphatic rings. The lowest BCUT2D eigenvalue weighted by molar-refractivity contribution is -0.112. The number of anilines is 1. The van der Waals surface area contributed by atoms with Crippen LogP contribution in [0.1, 0.15) is 21.6 Å². The fraction of sp³-hybridized carbons (Fsp3) is 0.160. The number of benzene rings is 2. The van der Waals surface area contributed by atoms with Crippen molar-refractivity contribution in [2.24, 2.45) is 0 Å². The van der Waals surface area contributed by atoms with E-state index >= 15 is 0 Å². The number of nitrogens with zero attached hydrogens (tertiary/aromatic N) is 2. The van der Waals surface area contributed by atoms with Gasteiger partial charge in [-0.15, -0.1) is 0 Å². The van der Waals surface area contributed by atoms with Crippen molar-refractivity contribution in [3.8, 4) is 17.4 Å². The van der Waals surface area contributed by atoms with Crippen molar-refractivity contribution in [1.82, 2.24) is 9.55 Å². The highest BCUT2D eigenvalue weighted by molar-refractivity contribution is 6.48. The average molecular weight is 478 g/mol. The molecule has 0 fully saturated rings. The molecule has 2 aromatic heterocycles. The number of pyridine rings is 1. The third-order valence-electron chi connectivity index (χ3n) is 5.71. The fourth-order valence-corrected chi connectivity index (χ4v) is 4.15. The van der Waals surface area contributed by atoms with Gasteiger partial charge in [-0.05, 0) is 36.8 Å². The molecule has 1 amide bonds. The first kappa shape index (κ1) is 21.8. The van der Waals surface area contributed by atoms with E-state index in [4.69, 9.17) is 25.8 Å². The smallest absolute Gasteiger partial charge is 0.296 e. The molecule has 1 N–H and O–H groups in total. The van der Waals surface area contributed by atoms with Gasteiger partial charge in [-0.25, -0.2) is 4.98 Å². The van der Waals surface area contributed by atoms with E-state index in [-0.39, 0.29) is 6.79 Å². The largest absolute Gasteiger partial charge is 0.481 e. The topological polar surface area (TPSA) is 91.7 Å². The Labute approximate surface area is 200 Å². The van der Waals surface area contributed by atoms with Crippen LogP contribution in [0.2, 0.25) is 5.02 Å². The predicted octanol–water partition coefficient (Wildman–Crippen LogP) is 4.61. The Balaban J connectivity index is 1.56. The summed E-state index contributed by atoms with van der Waals surface area (Å²) < 4.78 is 18.1. The highest BCUT2D eigenvalue weighted by Gasteiger charge is 2.28. The molecule has 5 rings (SSSR count). The predicted molar refractivity (Wildman–Crippen MR) is 127 cm³/mol. The number of Topliss-reactive ketones (excluding diaryl/α,β-unsaturated/α-hetero) is 1. The average Bonchev–Trinajstić information content (AvgIpc) is 3.40. The minimum atomic E-state index is -0.764. The van der Waals surface area contributed by atoms with Gasteiger partial charge in [0.2, 0.25) is 12.7 Å². The molecule has 4 aromatic rings. The number of amides is 1. The second-order valence-electron chi connectivity index (χ2n) is 7.77. The SMILES string of the molecule is COc1cc(NC(=O)C(=O)c2c(C)n(Cc3ccc(Cl)cc3)c3cc4c(cc23)OCO4)ccn1. The minimum absolute atomic E-state index is 0.103. The summed E-state index contributed by atoms with van der Waals surface area (Å²) in [6.45, 7) is 2.40. The molecule has 0 saturated carbocycles. The number of fused-ring (bicyclic) bond motifs is 2. The Bertz CT molecular complexity index is 1430. The van der Waals surface area contributed by atoms with Gasteiger partial charge < -0.3 is 24.1 Å². The van der Waals surface area contributed by atoms with Crippen LogP contribution in [-0.4, -0.2) is 35.1 Å². The minimum Gasteiger partial charge on any atom is -0.481 e. The molecule has 0 unspecified atom stereocenters. The first-order valence-corrected chi connectivity index (χ1v) is 10.8. The third-order valence-corrected chi connectivity index (χ3v) is 5.96. The molecule has 8 nitrogen and oxygen atoms in total. The van der Waals surface area contributed by atoms with Gasteiger partial charge >= 0.3 is 0 Å². The van der Waals surface area contributed by atoms with Gasteiger partial charge in [0.15, 0.2) is 11.5 Å². The first-order valence-electron chi connectivity index (χ1n) is 10.5. The molecule has 0 saturated heterocycles. The maximum absolute atomic E-state index is 13.4. The molecule has 34 heavy (non-hydrogen) atoms. The number of carbonyl (C=O) groups excluding carboxylic acids is 2. The molecule has 0 bridgehead atoms. The lowest BCUT2D eigenvalue weighted by atomic mass is 10.1.